The predicted octanol–water partition coefficient (Wildman–Crippen LogP) is 2.75. The lowest BCUT2D eigenvalue weighted by Crippen LogP contribution is -2.43. The van der Waals surface area contributed by atoms with Gasteiger partial charge in [-0.05, 0) is 32.0 Å². The first-order valence-electron chi connectivity index (χ1n) is 4.27. The van der Waals surface area contributed by atoms with E-state index in [0.29, 0.717) is 10.8 Å². The van der Waals surface area contributed by atoms with Crippen molar-refractivity contribution in [2.24, 2.45) is 5.73 Å². The van der Waals surface area contributed by atoms with Crippen LogP contribution >= 0.6 is 27.5 Å². The van der Waals surface area contributed by atoms with Gasteiger partial charge in [0.1, 0.15) is 5.75 Å². The number of hydrogen-bond acceptors (Lipinski definition) is 2. The van der Waals surface area contributed by atoms with Gasteiger partial charge in [0, 0.05) is 4.47 Å². The summed E-state index contributed by atoms with van der Waals surface area (Å²) in [5.41, 5.74) is 4.11. The third-order valence-electron chi connectivity index (χ3n) is 1.85. The molecule has 0 radical (unpaired) electrons. The number of amides is 1. The Morgan fingerprint density at radius 1 is 1.53 bits per heavy atom. The van der Waals surface area contributed by atoms with Crippen molar-refractivity contribution in [1.82, 2.24) is 0 Å². The fourth-order valence-corrected chi connectivity index (χ4v) is 1.60. The predicted molar refractivity (Wildman–Crippen MR) is 63.1 cm³/mol. The quantitative estimate of drug-likeness (QED) is 0.931. The molecule has 1 aromatic carbocycles. The maximum atomic E-state index is 11.0. The summed E-state index contributed by atoms with van der Waals surface area (Å²) in [6, 6.07) is 5.14. The van der Waals surface area contributed by atoms with Crippen molar-refractivity contribution in [2.75, 3.05) is 0 Å². The van der Waals surface area contributed by atoms with Gasteiger partial charge < -0.3 is 10.5 Å². The number of benzene rings is 1. The van der Waals surface area contributed by atoms with E-state index in [4.69, 9.17) is 22.1 Å². The molecule has 15 heavy (non-hydrogen) atoms. The van der Waals surface area contributed by atoms with E-state index in [9.17, 15) is 4.79 Å². The Morgan fingerprint density at radius 3 is 2.60 bits per heavy atom. The molecule has 82 valence electrons. The highest BCUT2D eigenvalue weighted by Crippen LogP contribution is 2.30. The molecule has 0 aliphatic carbocycles. The van der Waals surface area contributed by atoms with Crippen molar-refractivity contribution in [3.63, 3.8) is 0 Å². The van der Waals surface area contributed by atoms with Crippen molar-refractivity contribution >= 4 is 33.4 Å². The minimum absolute atomic E-state index is 0.429. The average molecular weight is 293 g/mol. The Balaban J connectivity index is 2.95. The van der Waals surface area contributed by atoms with Crippen LogP contribution in [0.15, 0.2) is 22.7 Å². The molecule has 0 atom stereocenters. The largest absolute Gasteiger partial charge is 0.476 e. The molecule has 0 heterocycles. The van der Waals surface area contributed by atoms with Gasteiger partial charge in [-0.3, -0.25) is 4.79 Å². The number of hydrogen-bond donors (Lipinski definition) is 1. The fourth-order valence-electron chi connectivity index (χ4n) is 0.883. The van der Waals surface area contributed by atoms with E-state index in [2.05, 4.69) is 15.9 Å². The summed E-state index contributed by atoms with van der Waals surface area (Å²) in [4.78, 5) is 11.0. The monoisotopic (exact) mass is 291 g/mol. The Kier molecular flexibility index (Phi) is 3.62. The summed E-state index contributed by atoms with van der Waals surface area (Å²) >= 11 is 9.21. The minimum atomic E-state index is -1.07. The molecule has 1 amide bonds. The molecule has 5 heteroatoms. The summed E-state index contributed by atoms with van der Waals surface area (Å²) in [5, 5.41) is 0.429. The summed E-state index contributed by atoms with van der Waals surface area (Å²) < 4.78 is 6.27. The highest BCUT2D eigenvalue weighted by molar-refractivity contribution is 9.10. The Morgan fingerprint density at radius 2 is 2.13 bits per heavy atom. The van der Waals surface area contributed by atoms with Crippen LogP contribution in [0.4, 0.5) is 0 Å². The third-order valence-corrected chi connectivity index (χ3v) is 2.64. The molecule has 2 N–H and O–H groups in total. The van der Waals surface area contributed by atoms with Crippen LogP contribution in [0.1, 0.15) is 13.8 Å². The van der Waals surface area contributed by atoms with E-state index >= 15 is 0 Å². The van der Waals surface area contributed by atoms with Crippen molar-refractivity contribution in [1.29, 1.82) is 0 Å². The lowest BCUT2D eigenvalue weighted by molar-refractivity contribution is -0.130. The molecule has 0 aromatic heterocycles. The van der Waals surface area contributed by atoms with Gasteiger partial charge in [-0.25, -0.2) is 0 Å². The average Bonchev–Trinajstić information content (AvgIpc) is 2.09. The van der Waals surface area contributed by atoms with E-state index in [1.165, 1.54) is 0 Å². The third kappa shape index (κ3) is 3.11. The number of ether oxygens (including phenoxy) is 1. The first-order chi connectivity index (χ1) is 6.83. The molecule has 0 unspecified atom stereocenters. The summed E-state index contributed by atoms with van der Waals surface area (Å²) in [5.74, 6) is -0.106. The van der Waals surface area contributed by atoms with E-state index in [-0.39, 0.29) is 0 Å². The number of rotatable bonds is 3. The second-order valence-corrected chi connectivity index (χ2v) is 4.87. The van der Waals surface area contributed by atoms with Gasteiger partial charge in [0.15, 0.2) is 5.60 Å². The smallest absolute Gasteiger partial charge is 0.261 e. The van der Waals surface area contributed by atoms with Crippen LogP contribution in [0.25, 0.3) is 0 Å². The number of primary amides is 1. The second kappa shape index (κ2) is 4.41. The van der Waals surface area contributed by atoms with Crippen molar-refractivity contribution in [2.45, 2.75) is 19.4 Å². The molecular formula is C10H11BrClNO2. The molecule has 1 rings (SSSR count). The molecule has 0 spiro atoms. The zero-order valence-corrected chi connectivity index (χ0v) is 10.7. The molecule has 0 saturated heterocycles. The van der Waals surface area contributed by atoms with Crippen molar-refractivity contribution < 1.29 is 9.53 Å². The van der Waals surface area contributed by atoms with E-state index in [1.54, 1.807) is 32.0 Å². The molecule has 0 fully saturated rings. The van der Waals surface area contributed by atoms with Crippen LogP contribution in [0.3, 0.4) is 0 Å². The van der Waals surface area contributed by atoms with E-state index in [1.807, 2.05) is 0 Å². The molecule has 0 saturated carbocycles. The molecule has 0 aliphatic rings. The normalized spacial score (nSPS) is 11.2. The minimum Gasteiger partial charge on any atom is -0.476 e. The SMILES string of the molecule is CC(C)(Oc1ccc(Br)cc1Cl)C(N)=O. The maximum Gasteiger partial charge on any atom is 0.261 e. The zero-order valence-electron chi connectivity index (χ0n) is 8.38. The Hall–Kier alpha value is -0.740. The molecular weight excluding hydrogens is 281 g/mol. The maximum absolute atomic E-state index is 11.0. The van der Waals surface area contributed by atoms with Crippen LogP contribution < -0.4 is 10.5 Å². The lowest BCUT2D eigenvalue weighted by atomic mass is 10.1. The van der Waals surface area contributed by atoms with Gasteiger partial charge in [0.25, 0.3) is 5.91 Å². The Labute approximate surface area is 102 Å². The van der Waals surface area contributed by atoms with Gasteiger partial charge in [0.05, 0.1) is 5.02 Å². The number of carbonyl (C=O) groups is 1. The number of carbonyl (C=O) groups excluding carboxylic acids is 1. The van der Waals surface area contributed by atoms with Gasteiger partial charge in [-0.1, -0.05) is 27.5 Å². The molecule has 0 aliphatic heterocycles. The molecule has 3 nitrogen and oxygen atoms in total. The Bertz CT molecular complexity index is 393. The fraction of sp³-hybridized carbons (Fsp3) is 0.300. The van der Waals surface area contributed by atoms with Gasteiger partial charge in [-0.2, -0.15) is 0 Å². The first kappa shape index (κ1) is 12.3. The highest BCUT2D eigenvalue weighted by Gasteiger charge is 2.27. The zero-order chi connectivity index (χ0) is 11.6. The lowest BCUT2D eigenvalue weighted by Gasteiger charge is -2.23. The van der Waals surface area contributed by atoms with Crippen molar-refractivity contribution in [3.8, 4) is 5.75 Å². The van der Waals surface area contributed by atoms with Crippen LogP contribution in [0.2, 0.25) is 5.02 Å². The van der Waals surface area contributed by atoms with Gasteiger partial charge in [-0.15, -0.1) is 0 Å². The van der Waals surface area contributed by atoms with Gasteiger partial charge >= 0.3 is 0 Å². The topological polar surface area (TPSA) is 52.3 Å². The molecule has 1 aromatic rings. The summed E-state index contributed by atoms with van der Waals surface area (Å²) in [6.45, 7) is 3.18. The summed E-state index contributed by atoms with van der Waals surface area (Å²) in [6.07, 6.45) is 0. The van der Waals surface area contributed by atoms with Crippen LogP contribution in [-0.2, 0) is 4.79 Å². The number of halogens is 2. The van der Waals surface area contributed by atoms with Crippen LogP contribution in [0, 0.1) is 0 Å². The van der Waals surface area contributed by atoms with Crippen molar-refractivity contribution in [3.05, 3.63) is 27.7 Å². The van der Waals surface area contributed by atoms with E-state index in [0.717, 1.165) is 4.47 Å². The molecule has 0 bridgehead atoms. The van der Waals surface area contributed by atoms with Crippen LogP contribution in [0.5, 0.6) is 5.75 Å². The van der Waals surface area contributed by atoms with Gasteiger partial charge in [0.2, 0.25) is 0 Å². The second-order valence-electron chi connectivity index (χ2n) is 3.55. The van der Waals surface area contributed by atoms with Crippen LogP contribution in [-0.4, -0.2) is 11.5 Å². The first-order valence-corrected chi connectivity index (χ1v) is 5.44. The highest BCUT2D eigenvalue weighted by atomic mass is 79.9. The summed E-state index contributed by atoms with van der Waals surface area (Å²) in [7, 11) is 0. The standard InChI is InChI=1S/C10H11BrClNO2/c1-10(2,9(13)14)15-8-4-3-6(11)5-7(8)12/h3-5H,1-2H3,(H2,13,14). The number of nitrogens with two attached hydrogens (primary N) is 1. The van der Waals surface area contributed by atoms with E-state index < -0.39 is 11.5 Å².